The Balaban J connectivity index is 2.27. The zero-order chi connectivity index (χ0) is 15.5. The van der Waals surface area contributed by atoms with Gasteiger partial charge in [-0.1, -0.05) is 19.1 Å². The molecule has 0 saturated heterocycles. The summed E-state index contributed by atoms with van der Waals surface area (Å²) in [4.78, 5) is 15.8. The van der Waals surface area contributed by atoms with Gasteiger partial charge >= 0.3 is 5.97 Å². The Kier molecular flexibility index (Phi) is 4.63. The normalized spacial score (nSPS) is 11.4. The number of ether oxygens (including phenoxy) is 1. The quantitative estimate of drug-likeness (QED) is 0.877. The van der Waals surface area contributed by atoms with Crippen LogP contribution < -0.4 is 4.74 Å². The van der Waals surface area contributed by atoms with Gasteiger partial charge in [0.1, 0.15) is 16.2 Å². The maximum Gasteiger partial charge on any atom is 0.315 e. The van der Waals surface area contributed by atoms with E-state index in [1.807, 2.05) is 29.6 Å². The fourth-order valence-corrected chi connectivity index (χ4v) is 2.73. The van der Waals surface area contributed by atoms with E-state index in [1.54, 1.807) is 13.8 Å². The van der Waals surface area contributed by atoms with Crippen LogP contribution in [-0.4, -0.2) is 22.7 Å². The van der Waals surface area contributed by atoms with E-state index in [2.05, 4.69) is 11.9 Å². The number of hydrogen-bond acceptors (Lipinski definition) is 4. The van der Waals surface area contributed by atoms with E-state index in [0.29, 0.717) is 12.3 Å². The molecular weight excluding hydrogens is 286 g/mol. The number of nitrogens with zero attached hydrogens (tertiary/aromatic N) is 1. The van der Waals surface area contributed by atoms with E-state index in [4.69, 9.17) is 4.74 Å². The van der Waals surface area contributed by atoms with Gasteiger partial charge in [-0.25, -0.2) is 4.98 Å². The smallest absolute Gasteiger partial charge is 0.315 e. The van der Waals surface area contributed by atoms with Gasteiger partial charge in [-0.05, 0) is 32.4 Å². The number of hydrogen-bond donors (Lipinski definition) is 1. The molecule has 2 rings (SSSR count). The van der Waals surface area contributed by atoms with Crippen molar-refractivity contribution >= 4 is 17.3 Å². The molecule has 0 atom stereocenters. The van der Waals surface area contributed by atoms with Gasteiger partial charge < -0.3 is 9.84 Å². The number of carboxylic acid groups (broad SMARTS) is 1. The predicted molar refractivity (Wildman–Crippen MR) is 84.0 cm³/mol. The molecule has 1 heterocycles. The summed E-state index contributed by atoms with van der Waals surface area (Å²) in [6.07, 6.45) is 0.957. The second-order valence-corrected chi connectivity index (χ2v) is 6.20. The summed E-state index contributed by atoms with van der Waals surface area (Å²) in [5.74, 6) is -0.0667. The minimum atomic E-state index is -0.981. The monoisotopic (exact) mass is 305 g/mol. The summed E-state index contributed by atoms with van der Waals surface area (Å²) in [5, 5.41) is 11.9. The maximum absolute atomic E-state index is 11.3. The van der Waals surface area contributed by atoms with Crippen molar-refractivity contribution in [1.29, 1.82) is 0 Å². The van der Waals surface area contributed by atoms with E-state index < -0.39 is 11.4 Å². The van der Waals surface area contributed by atoms with E-state index >= 15 is 0 Å². The SMILES string of the molecule is CCCOc1cccc(-c2nc(C(C)(C)C(=O)O)cs2)c1. The highest BCUT2D eigenvalue weighted by Crippen LogP contribution is 2.31. The lowest BCUT2D eigenvalue weighted by molar-refractivity contribution is -0.142. The second-order valence-electron chi connectivity index (χ2n) is 5.34. The third-order valence-electron chi connectivity index (χ3n) is 3.23. The standard InChI is InChI=1S/C16H19NO3S/c1-4-8-20-12-7-5-6-11(9-12)14-17-13(10-21-14)16(2,3)15(18)19/h5-7,9-10H,4,8H2,1-3H3,(H,18,19). The molecule has 0 aliphatic carbocycles. The van der Waals surface area contributed by atoms with Crippen molar-refractivity contribution in [2.45, 2.75) is 32.6 Å². The molecule has 1 N–H and O–H groups in total. The first-order valence-electron chi connectivity index (χ1n) is 6.87. The van der Waals surface area contributed by atoms with Crippen molar-refractivity contribution in [2.24, 2.45) is 0 Å². The molecular formula is C16H19NO3S. The highest BCUT2D eigenvalue weighted by molar-refractivity contribution is 7.13. The van der Waals surface area contributed by atoms with Crippen molar-refractivity contribution < 1.29 is 14.6 Å². The van der Waals surface area contributed by atoms with Crippen molar-refractivity contribution in [3.63, 3.8) is 0 Å². The second kappa shape index (κ2) is 6.26. The van der Waals surface area contributed by atoms with Crippen LogP contribution in [0, 0.1) is 0 Å². The molecule has 1 aromatic carbocycles. The van der Waals surface area contributed by atoms with Crippen LogP contribution in [0.1, 0.15) is 32.9 Å². The number of rotatable bonds is 6. The van der Waals surface area contributed by atoms with Crippen LogP contribution in [0.3, 0.4) is 0 Å². The molecule has 4 nitrogen and oxygen atoms in total. The molecule has 112 valence electrons. The molecule has 2 aromatic rings. The van der Waals surface area contributed by atoms with Crippen molar-refractivity contribution in [1.82, 2.24) is 4.98 Å². The first-order valence-corrected chi connectivity index (χ1v) is 7.75. The Labute approximate surface area is 128 Å². The predicted octanol–water partition coefficient (Wildman–Crippen LogP) is 3.96. The van der Waals surface area contributed by atoms with Gasteiger partial charge in [0.05, 0.1) is 12.3 Å². The number of thiazole rings is 1. The van der Waals surface area contributed by atoms with Crippen LogP contribution in [0.5, 0.6) is 5.75 Å². The first-order chi connectivity index (χ1) is 9.95. The number of carboxylic acids is 1. The van der Waals surface area contributed by atoms with Crippen LogP contribution in [0.25, 0.3) is 10.6 Å². The fourth-order valence-electron chi connectivity index (χ4n) is 1.74. The van der Waals surface area contributed by atoms with Crippen LogP contribution >= 0.6 is 11.3 Å². The molecule has 0 spiro atoms. The third kappa shape index (κ3) is 3.42. The third-order valence-corrected chi connectivity index (χ3v) is 4.12. The summed E-state index contributed by atoms with van der Waals surface area (Å²) in [6, 6.07) is 7.72. The molecule has 0 fully saturated rings. The van der Waals surface area contributed by atoms with Gasteiger partial charge in [0.25, 0.3) is 0 Å². The van der Waals surface area contributed by atoms with Crippen molar-refractivity contribution in [2.75, 3.05) is 6.61 Å². The Morgan fingerprint density at radius 3 is 2.86 bits per heavy atom. The van der Waals surface area contributed by atoms with Crippen LogP contribution in [0.15, 0.2) is 29.6 Å². The molecule has 0 amide bonds. The topological polar surface area (TPSA) is 59.4 Å². The Hall–Kier alpha value is -1.88. The van der Waals surface area contributed by atoms with Crippen molar-refractivity contribution in [3.8, 4) is 16.3 Å². The number of benzene rings is 1. The number of aliphatic carboxylic acids is 1. The van der Waals surface area contributed by atoms with Crippen LogP contribution in [0.2, 0.25) is 0 Å². The largest absolute Gasteiger partial charge is 0.494 e. The summed E-state index contributed by atoms with van der Waals surface area (Å²) in [5.41, 5.74) is 0.543. The molecule has 0 aliphatic heterocycles. The molecule has 0 bridgehead atoms. The van der Waals surface area contributed by atoms with E-state index in [9.17, 15) is 9.90 Å². The average molecular weight is 305 g/mol. The van der Waals surface area contributed by atoms with Gasteiger partial charge in [-0.15, -0.1) is 11.3 Å². The lowest BCUT2D eigenvalue weighted by Gasteiger charge is -2.15. The first kappa shape index (κ1) is 15.5. The molecule has 21 heavy (non-hydrogen) atoms. The zero-order valence-corrected chi connectivity index (χ0v) is 13.2. The zero-order valence-electron chi connectivity index (χ0n) is 12.4. The van der Waals surface area contributed by atoms with E-state index in [-0.39, 0.29) is 0 Å². The van der Waals surface area contributed by atoms with Gasteiger partial charge in [0.15, 0.2) is 0 Å². The average Bonchev–Trinajstić information content (AvgIpc) is 2.95. The molecule has 0 radical (unpaired) electrons. The van der Waals surface area contributed by atoms with E-state index in [1.165, 1.54) is 11.3 Å². The van der Waals surface area contributed by atoms with Crippen LogP contribution in [0.4, 0.5) is 0 Å². The molecule has 0 saturated carbocycles. The van der Waals surface area contributed by atoms with Gasteiger partial charge in [-0.3, -0.25) is 4.79 Å². The molecule has 0 aliphatic rings. The maximum atomic E-state index is 11.3. The Morgan fingerprint density at radius 1 is 1.43 bits per heavy atom. The van der Waals surface area contributed by atoms with Crippen LogP contribution in [-0.2, 0) is 10.2 Å². The fraction of sp³-hybridized carbons (Fsp3) is 0.375. The summed E-state index contributed by atoms with van der Waals surface area (Å²) in [6.45, 7) is 6.06. The van der Waals surface area contributed by atoms with Gasteiger partial charge in [-0.2, -0.15) is 0 Å². The molecule has 1 aromatic heterocycles. The summed E-state index contributed by atoms with van der Waals surface area (Å²) in [7, 11) is 0. The van der Waals surface area contributed by atoms with Gasteiger partial charge in [0.2, 0.25) is 0 Å². The Morgan fingerprint density at radius 2 is 2.19 bits per heavy atom. The summed E-state index contributed by atoms with van der Waals surface area (Å²) >= 11 is 1.45. The summed E-state index contributed by atoms with van der Waals surface area (Å²) < 4.78 is 5.61. The highest BCUT2D eigenvalue weighted by atomic mass is 32.1. The molecule has 5 heteroatoms. The van der Waals surface area contributed by atoms with Gasteiger partial charge in [0, 0.05) is 10.9 Å². The number of aromatic nitrogens is 1. The minimum Gasteiger partial charge on any atom is -0.494 e. The highest BCUT2D eigenvalue weighted by Gasteiger charge is 2.32. The lowest BCUT2D eigenvalue weighted by Crippen LogP contribution is -2.28. The lowest BCUT2D eigenvalue weighted by atomic mass is 9.90. The number of carbonyl (C=O) groups is 1. The Bertz CT molecular complexity index is 634. The minimum absolute atomic E-state index is 0.579. The van der Waals surface area contributed by atoms with E-state index in [0.717, 1.165) is 22.7 Å². The van der Waals surface area contributed by atoms with Crippen molar-refractivity contribution in [3.05, 3.63) is 35.3 Å². The molecule has 0 unspecified atom stereocenters.